The van der Waals surface area contributed by atoms with Gasteiger partial charge in [-0.2, -0.15) is 0 Å². The van der Waals surface area contributed by atoms with Crippen LogP contribution < -0.4 is 25.4 Å². The van der Waals surface area contributed by atoms with E-state index in [1.54, 1.807) is 12.3 Å². The molecule has 3 heterocycles. The van der Waals surface area contributed by atoms with Crippen LogP contribution in [0.5, 0.6) is 11.6 Å². The molecule has 11 heteroatoms. The highest BCUT2D eigenvalue weighted by molar-refractivity contribution is 6.14. The van der Waals surface area contributed by atoms with Crippen molar-refractivity contribution in [3.63, 3.8) is 0 Å². The van der Waals surface area contributed by atoms with Gasteiger partial charge in [-0.3, -0.25) is 14.5 Å². The maximum absolute atomic E-state index is 14.0. The van der Waals surface area contributed by atoms with Gasteiger partial charge in [0.2, 0.25) is 5.88 Å². The van der Waals surface area contributed by atoms with Gasteiger partial charge in [-0.25, -0.2) is 9.97 Å². The molecule has 1 saturated heterocycles. The van der Waals surface area contributed by atoms with Crippen molar-refractivity contribution in [2.75, 3.05) is 56.5 Å². The maximum atomic E-state index is 14.0. The fraction of sp³-hybridized carbons (Fsp3) is 0.486. The minimum absolute atomic E-state index is 0.0876. The second kappa shape index (κ2) is 13.3. The molecule has 0 radical (unpaired) electrons. The number of hydrogen-bond donors (Lipinski definition) is 3. The smallest absolute Gasteiger partial charge is 0.263 e. The third-order valence-electron chi connectivity index (χ3n) is 9.58. The first kappa shape index (κ1) is 31.7. The number of amides is 2. The molecule has 11 nitrogen and oxygen atoms in total. The Morgan fingerprint density at radius 1 is 0.935 bits per heavy atom. The number of morpholine rings is 1. The van der Waals surface area contributed by atoms with Gasteiger partial charge in [-0.05, 0) is 60.3 Å². The summed E-state index contributed by atoms with van der Waals surface area (Å²) in [5.41, 5.74) is 2.36. The van der Waals surface area contributed by atoms with E-state index in [0.717, 1.165) is 38.3 Å². The average Bonchev–Trinajstić information content (AvgIpc) is 3.04. The number of fused-ring (bicyclic) bond motifs is 2. The van der Waals surface area contributed by atoms with Gasteiger partial charge in [0.05, 0.1) is 44.9 Å². The van der Waals surface area contributed by atoms with Crippen LogP contribution in [0.2, 0.25) is 0 Å². The summed E-state index contributed by atoms with van der Waals surface area (Å²) in [5.74, 6) is 1.46. The van der Waals surface area contributed by atoms with Gasteiger partial charge in [0, 0.05) is 43.1 Å². The summed E-state index contributed by atoms with van der Waals surface area (Å²) in [6.07, 6.45) is 6.39. The zero-order valence-corrected chi connectivity index (χ0v) is 27.3. The predicted octanol–water partition coefficient (Wildman–Crippen LogP) is 5.21. The van der Waals surface area contributed by atoms with Gasteiger partial charge in [0.1, 0.15) is 17.1 Å². The molecule has 0 spiro atoms. The summed E-state index contributed by atoms with van der Waals surface area (Å²) in [4.78, 5) is 39.1. The largest absolute Gasteiger partial charge is 0.496 e. The van der Waals surface area contributed by atoms with E-state index in [-0.39, 0.29) is 34.2 Å². The molecule has 3 aromatic rings. The van der Waals surface area contributed by atoms with Crippen LogP contribution in [0.3, 0.4) is 0 Å². The van der Waals surface area contributed by atoms with Crippen molar-refractivity contribution in [1.82, 2.24) is 14.9 Å². The lowest BCUT2D eigenvalue weighted by molar-refractivity contribution is -0.0516. The number of aromatic nitrogens is 2. The van der Waals surface area contributed by atoms with Crippen LogP contribution in [0.15, 0.2) is 48.8 Å². The number of nitrogens with zero attached hydrogens (tertiary/aromatic N) is 3. The van der Waals surface area contributed by atoms with Crippen molar-refractivity contribution in [2.24, 2.45) is 11.8 Å². The molecule has 3 N–H and O–H groups in total. The van der Waals surface area contributed by atoms with E-state index in [4.69, 9.17) is 14.2 Å². The Balaban J connectivity index is 1.24. The molecule has 3 aliphatic carbocycles. The van der Waals surface area contributed by atoms with E-state index in [1.807, 2.05) is 24.3 Å². The normalized spacial score (nSPS) is 22.7. The van der Waals surface area contributed by atoms with Crippen molar-refractivity contribution in [3.05, 3.63) is 65.5 Å². The van der Waals surface area contributed by atoms with E-state index in [1.165, 1.54) is 39.3 Å². The van der Waals surface area contributed by atoms with Gasteiger partial charge in [0.15, 0.2) is 0 Å². The van der Waals surface area contributed by atoms with E-state index in [9.17, 15) is 9.59 Å². The number of anilines is 3. The molecule has 1 unspecified atom stereocenters. The molecule has 2 amide bonds. The zero-order valence-electron chi connectivity index (χ0n) is 27.3. The summed E-state index contributed by atoms with van der Waals surface area (Å²) in [5, 5.41) is 9.51. The second-order valence-electron chi connectivity index (χ2n) is 13.4. The number of carbonyl (C=O) groups is 2. The van der Waals surface area contributed by atoms with Crippen molar-refractivity contribution < 1.29 is 23.8 Å². The first-order valence-electron chi connectivity index (χ1n) is 16.0. The van der Waals surface area contributed by atoms with Crippen molar-refractivity contribution in [3.8, 4) is 11.6 Å². The summed E-state index contributed by atoms with van der Waals surface area (Å²) in [7, 11) is 3.01. The number of carbonyl (C=O) groups excluding carboxylic acids is 2. The van der Waals surface area contributed by atoms with Crippen LogP contribution in [-0.4, -0.2) is 79.3 Å². The molecular formula is C35H44N6O5. The molecule has 3 saturated carbocycles. The Labute approximate surface area is 270 Å². The molecule has 46 heavy (non-hydrogen) atoms. The molecular weight excluding hydrogens is 584 g/mol. The van der Waals surface area contributed by atoms with E-state index >= 15 is 0 Å². The third-order valence-corrected chi connectivity index (χ3v) is 9.58. The number of methoxy groups -OCH3 is 2. The second-order valence-corrected chi connectivity index (χ2v) is 13.4. The van der Waals surface area contributed by atoms with Gasteiger partial charge in [0.25, 0.3) is 11.8 Å². The Hall–Kier alpha value is -4.22. The highest BCUT2D eigenvalue weighted by Crippen LogP contribution is 2.49. The Morgan fingerprint density at radius 3 is 2.43 bits per heavy atom. The monoisotopic (exact) mass is 628 g/mol. The Bertz CT molecular complexity index is 1580. The number of pyridine rings is 2. The van der Waals surface area contributed by atoms with Gasteiger partial charge in [-0.15, -0.1) is 0 Å². The Morgan fingerprint density at radius 2 is 1.72 bits per heavy atom. The number of rotatable bonds is 9. The first-order valence-corrected chi connectivity index (χ1v) is 16.0. The highest BCUT2D eigenvalue weighted by Gasteiger charge is 2.48. The van der Waals surface area contributed by atoms with E-state index < -0.39 is 11.8 Å². The lowest BCUT2D eigenvalue weighted by Crippen LogP contribution is -2.59. The molecule has 2 bridgehead atoms. The molecule has 4 fully saturated rings. The van der Waals surface area contributed by atoms with Crippen molar-refractivity contribution in [2.45, 2.75) is 57.5 Å². The van der Waals surface area contributed by atoms with Crippen LogP contribution in [0, 0.1) is 11.8 Å². The fourth-order valence-corrected chi connectivity index (χ4v) is 6.93. The maximum Gasteiger partial charge on any atom is 0.263 e. The van der Waals surface area contributed by atoms with Crippen LogP contribution in [0.25, 0.3) is 0 Å². The molecule has 1 aliphatic heterocycles. The standard InChI is InChI=1S/C35H44N6O5/c1-35(2,3)23-7-6-8-24(17-23)38-33(42)25-18-30(45-5)37-20-27(25)40-34(43)31-29(44-4)9-10-36-32(31)39-26-19-28(22-15-21(26)16-22)41-11-13-46-14-12-41/h6-10,17-18,20-22,26,28H,11-16,19H2,1-5H3,(H,36,39)(H,38,42)(H,40,43)/t21?,22?,26-,28?/m0/s1. The van der Waals surface area contributed by atoms with Crippen LogP contribution in [0.4, 0.5) is 17.2 Å². The molecule has 244 valence electrons. The minimum atomic E-state index is -0.463. The van der Waals surface area contributed by atoms with Gasteiger partial charge in [-0.1, -0.05) is 32.9 Å². The van der Waals surface area contributed by atoms with Crippen molar-refractivity contribution in [1.29, 1.82) is 0 Å². The topological polar surface area (TPSA) is 127 Å². The number of benzene rings is 1. The van der Waals surface area contributed by atoms with E-state index in [2.05, 4.69) is 51.6 Å². The summed E-state index contributed by atoms with van der Waals surface area (Å²) in [6, 6.07) is 11.6. The Kier molecular flexibility index (Phi) is 9.15. The molecule has 2 aromatic heterocycles. The summed E-state index contributed by atoms with van der Waals surface area (Å²) in [6.45, 7) is 9.81. The SMILES string of the molecule is COc1cc(C(=O)Nc2cccc(C(C)(C)C)c2)c(NC(=O)c2c(OC)ccnc2N[C@H]2CC(N3CCOCC3)C3CC2C3)cn1. The molecule has 7 rings (SSSR count). The van der Waals surface area contributed by atoms with Crippen LogP contribution >= 0.6 is 0 Å². The predicted molar refractivity (Wildman–Crippen MR) is 177 cm³/mol. The third kappa shape index (κ3) is 6.66. The molecule has 2 atom stereocenters. The molecule has 1 aromatic carbocycles. The van der Waals surface area contributed by atoms with Crippen molar-refractivity contribution >= 4 is 29.0 Å². The zero-order chi connectivity index (χ0) is 32.4. The number of nitrogens with one attached hydrogen (secondary N) is 3. The number of hydrogen-bond acceptors (Lipinski definition) is 9. The lowest BCUT2D eigenvalue weighted by atomic mass is 9.60. The van der Waals surface area contributed by atoms with Gasteiger partial charge < -0.3 is 30.2 Å². The number of ether oxygens (including phenoxy) is 3. The van der Waals surface area contributed by atoms with E-state index in [0.29, 0.717) is 35.1 Å². The first-order chi connectivity index (χ1) is 22.1. The lowest BCUT2D eigenvalue weighted by Gasteiger charge is -2.55. The quantitative estimate of drug-likeness (QED) is 0.293. The fourth-order valence-electron chi connectivity index (χ4n) is 6.93. The summed E-state index contributed by atoms with van der Waals surface area (Å²) >= 11 is 0. The summed E-state index contributed by atoms with van der Waals surface area (Å²) < 4.78 is 16.6. The van der Waals surface area contributed by atoms with Crippen LogP contribution in [0.1, 0.15) is 66.3 Å². The van der Waals surface area contributed by atoms with Crippen LogP contribution in [-0.2, 0) is 10.2 Å². The van der Waals surface area contributed by atoms with Gasteiger partial charge >= 0.3 is 0 Å². The highest BCUT2D eigenvalue weighted by atomic mass is 16.5. The average molecular weight is 629 g/mol. The molecule has 4 aliphatic rings. The minimum Gasteiger partial charge on any atom is -0.496 e.